The quantitative estimate of drug-likeness (QED) is 0.899. The Morgan fingerprint density at radius 1 is 1.15 bits per heavy atom. The maximum atomic E-state index is 13.0. The first-order valence-electron chi connectivity index (χ1n) is 7.56. The number of aliphatic hydroxyl groups excluding tert-OH is 1. The van der Waals surface area contributed by atoms with Gasteiger partial charge in [0.05, 0.1) is 11.5 Å². The number of hydrogen-bond donors (Lipinski definition) is 1. The van der Waals surface area contributed by atoms with E-state index in [0.717, 1.165) is 31.2 Å². The zero-order valence-electron chi connectivity index (χ0n) is 12.2. The molecule has 2 atom stereocenters. The minimum absolute atomic E-state index is 0.211. The van der Waals surface area contributed by atoms with Crippen LogP contribution in [0, 0.1) is 0 Å². The number of hydrogen-bond acceptors (Lipinski definition) is 2. The smallest absolute Gasteiger partial charge is 0.233 e. The van der Waals surface area contributed by atoms with Crippen molar-refractivity contribution in [3.8, 4) is 0 Å². The molecule has 20 heavy (non-hydrogen) atoms. The number of piperidine rings is 1. The van der Waals surface area contributed by atoms with Gasteiger partial charge in [-0.2, -0.15) is 0 Å². The van der Waals surface area contributed by atoms with Crippen LogP contribution < -0.4 is 0 Å². The molecule has 2 fully saturated rings. The van der Waals surface area contributed by atoms with Crippen molar-refractivity contribution in [3.05, 3.63) is 35.9 Å². The van der Waals surface area contributed by atoms with Crippen LogP contribution in [0.3, 0.4) is 0 Å². The first-order valence-corrected chi connectivity index (χ1v) is 7.56. The number of carbonyl (C=O) groups excluding carboxylic acids is 1. The Morgan fingerprint density at radius 2 is 1.70 bits per heavy atom. The van der Waals surface area contributed by atoms with Crippen molar-refractivity contribution in [2.45, 2.75) is 63.1 Å². The second kappa shape index (κ2) is 4.88. The lowest BCUT2D eigenvalue weighted by molar-refractivity contribution is -0.142. The average Bonchev–Trinajstić information content (AvgIpc) is 2.70. The monoisotopic (exact) mass is 273 g/mol. The molecule has 1 aromatic rings. The molecule has 3 heteroatoms. The van der Waals surface area contributed by atoms with Crippen LogP contribution in [0.5, 0.6) is 0 Å². The van der Waals surface area contributed by atoms with E-state index in [9.17, 15) is 9.90 Å². The van der Waals surface area contributed by atoms with Crippen molar-refractivity contribution in [2.24, 2.45) is 0 Å². The molecule has 0 spiro atoms. The molecule has 1 N–H and O–H groups in total. The summed E-state index contributed by atoms with van der Waals surface area (Å²) >= 11 is 0. The number of carbonyl (C=O) groups is 1. The first kappa shape index (κ1) is 13.6. The van der Waals surface area contributed by atoms with Gasteiger partial charge in [0.2, 0.25) is 5.91 Å². The maximum absolute atomic E-state index is 13.0. The third-order valence-electron chi connectivity index (χ3n) is 4.97. The third-order valence-corrected chi connectivity index (χ3v) is 4.97. The van der Waals surface area contributed by atoms with Crippen LogP contribution in [0.25, 0.3) is 0 Å². The molecule has 0 radical (unpaired) electrons. The zero-order chi connectivity index (χ0) is 14.3. The van der Waals surface area contributed by atoms with Crippen LogP contribution in [0.4, 0.5) is 0 Å². The highest BCUT2D eigenvalue weighted by molar-refractivity contribution is 5.88. The van der Waals surface area contributed by atoms with E-state index in [1.807, 2.05) is 44.2 Å². The van der Waals surface area contributed by atoms with Crippen LogP contribution in [0.1, 0.15) is 45.1 Å². The molecule has 2 bridgehead atoms. The number of aliphatic hydroxyl groups is 1. The molecule has 0 aromatic heterocycles. The van der Waals surface area contributed by atoms with Crippen LogP contribution in [0.2, 0.25) is 0 Å². The Balaban J connectivity index is 1.86. The van der Waals surface area contributed by atoms with Crippen molar-refractivity contribution in [1.82, 2.24) is 4.90 Å². The lowest BCUT2D eigenvalue weighted by atomic mass is 9.82. The predicted octanol–water partition coefficient (Wildman–Crippen LogP) is 2.48. The van der Waals surface area contributed by atoms with Gasteiger partial charge in [0.1, 0.15) is 0 Å². The van der Waals surface area contributed by atoms with Crippen molar-refractivity contribution >= 4 is 5.91 Å². The molecular weight excluding hydrogens is 250 g/mol. The van der Waals surface area contributed by atoms with Crippen LogP contribution >= 0.6 is 0 Å². The predicted molar refractivity (Wildman–Crippen MR) is 78.4 cm³/mol. The second-order valence-corrected chi connectivity index (χ2v) is 6.71. The summed E-state index contributed by atoms with van der Waals surface area (Å²) in [6.07, 6.45) is 3.34. The van der Waals surface area contributed by atoms with Gasteiger partial charge in [-0.05, 0) is 45.1 Å². The van der Waals surface area contributed by atoms with E-state index in [1.54, 1.807) is 0 Å². The molecule has 1 amide bonds. The Labute approximate surface area is 120 Å². The van der Waals surface area contributed by atoms with E-state index in [0.29, 0.717) is 0 Å². The van der Waals surface area contributed by atoms with E-state index in [-0.39, 0.29) is 24.1 Å². The molecule has 2 saturated heterocycles. The molecule has 2 unspecified atom stereocenters. The van der Waals surface area contributed by atoms with E-state index in [4.69, 9.17) is 0 Å². The van der Waals surface area contributed by atoms with Crippen LogP contribution in [-0.2, 0) is 10.2 Å². The molecule has 1 aromatic carbocycles. The lowest BCUT2D eigenvalue weighted by Gasteiger charge is -2.41. The van der Waals surface area contributed by atoms with E-state index in [1.165, 1.54) is 0 Å². The zero-order valence-corrected chi connectivity index (χ0v) is 12.2. The number of nitrogens with zero attached hydrogens (tertiary/aromatic N) is 1. The molecule has 108 valence electrons. The van der Waals surface area contributed by atoms with Gasteiger partial charge in [-0.1, -0.05) is 30.3 Å². The van der Waals surface area contributed by atoms with Gasteiger partial charge in [-0.15, -0.1) is 0 Å². The van der Waals surface area contributed by atoms with Gasteiger partial charge in [0.25, 0.3) is 0 Å². The number of rotatable bonds is 2. The van der Waals surface area contributed by atoms with E-state index in [2.05, 4.69) is 4.90 Å². The average molecular weight is 273 g/mol. The summed E-state index contributed by atoms with van der Waals surface area (Å²) in [5.41, 5.74) is 0.570. The highest BCUT2D eigenvalue weighted by Crippen LogP contribution is 2.39. The third kappa shape index (κ3) is 2.14. The minimum atomic E-state index is -0.496. The van der Waals surface area contributed by atoms with Gasteiger partial charge in [0, 0.05) is 12.1 Å². The molecule has 2 heterocycles. The SMILES string of the molecule is CC(C)(C(=O)N1C2CCC1CC(O)C2)c1ccccc1. The molecule has 0 aliphatic carbocycles. The molecule has 0 saturated carbocycles. The Morgan fingerprint density at radius 3 is 2.25 bits per heavy atom. The Hall–Kier alpha value is -1.35. The van der Waals surface area contributed by atoms with Gasteiger partial charge in [0.15, 0.2) is 0 Å². The standard InChI is InChI=1S/C17H23NO2/c1-17(2,12-6-4-3-5-7-12)16(20)18-13-8-9-14(18)11-15(19)10-13/h3-7,13-15,19H,8-11H2,1-2H3. The van der Waals surface area contributed by atoms with E-state index < -0.39 is 5.41 Å². The van der Waals surface area contributed by atoms with Crippen molar-refractivity contribution in [2.75, 3.05) is 0 Å². The molecule has 2 aliphatic rings. The topological polar surface area (TPSA) is 40.5 Å². The lowest BCUT2D eigenvalue weighted by Crippen LogP contribution is -2.53. The summed E-state index contributed by atoms with van der Waals surface area (Å²) in [6, 6.07) is 10.5. The summed E-state index contributed by atoms with van der Waals surface area (Å²) < 4.78 is 0. The number of fused-ring (bicyclic) bond motifs is 2. The highest BCUT2D eigenvalue weighted by Gasteiger charge is 2.46. The van der Waals surface area contributed by atoms with Gasteiger partial charge in [-0.25, -0.2) is 0 Å². The summed E-state index contributed by atoms with van der Waals surface area (Å²) in [4.78, 5) is 15.1. The largest absolute Gasteiger partial charge is 0.393 e. The van der Waals surface area contributed by atoms with Crippen LogP contribution in [-0.4, -0.2) is 34.1 Å². The van der Waals surface area contributed by atoms with Gasteiger partial charge >= 0.3 is 0 Å². The molecule has 3 rings (SSSR count). The van der Waals surface area contributed by atoms with Crippen LogP contribution in [0.15, 0.2) is 30.3 Å². The molecule has 2 aliphatic heterocycles. The Kier molecular flexibility index (Phi) is 3.33. The maximum Gasteiger partial charge on any atom is 0.233 e. The number of amides is 1. The number of benzene rings is 1. The molecular formula is C17H23NO2. The van der Waals surface area contributed by atoms with Gasteiger partial charge in [-0.3, -0.25) is 4.79 Å². The highest BCUT2D eigenvalue weighted by atomic mass is 16.3. The fourth-order valence-electron chi connectivity index (χ4n) is 3.78. The fourth-order valence-corrected chi connectivity index (χ4v) is 3.78. The minimum Gasteiger partial charge on any atom is -0.393 e. The summed E-state index contributed by atoms with van der Waals surface area (Å²) in [5.74, 6) is 0.211. The second-order valence-electron chi connectivity index (χ2n) is 6.71. The summed E-state index contributed by atoms with van der Waals surface area (Å²) in [7, 11) is 0. The first-order chi connectivity index (χ1) is 9.50. The Bertz CT molecular complexity index is 483. The summed E-state index contributed by atoms with van der Waals surface area (Å²) in [5, 5.41) is 9.87. The fraction of sp³-hybridized carbons (Fsp3) is 0.588. The van der Waals surface area contributed by atoms with Crippen molar-refractivity contribution in [3.63, 3.8) is 0 Å². The van der Waals surface area contributed by atoms with Crippen molar-refractivity contribution < 1.29 is 9.90 Å². The van der Waals surface area contributed by atoms with E-state index >= 15 is 0 Å². The molecule has 3 nitrogen and oxygen atoms in total. The van der Waals surface area contributed by atoms with Crippen molar-refractivity contribution in [1.29, 1.82) is 0 Å². The summed E-state index contributed by atoms with van der Waals surface area (Å²) in [6.45, 7) is 4.02. The van der Waals surface area contributed by atoms with Gasteiger partial charge < -0.3 is 10.0 Å². The normalized spacial score (nSPS) is 29.6.